The van der Waals surface area contributed by atoms with Crippen molar-refractivity contribution < 1.29 is 124 Å². The van der Waals surface area contributed by atoms with E-state index in [9.17, 15) is 81.4 Å². The largest absolute Gasteiger partial charge is 0.394 e. The highest BCUT2D eigenvalue weighted by Gasteiger charge is 2.55. The molecular weight excluding hydrogens is 798 g/mol. The summed E-state index contributed by atoms with van der Waals surface area (Å²) in [5.41, 5.74) is 0. The second kappa shape index (κ2) is 20.1. The van der Waals surface area contributed by atoms with Gasteiger partial charge in [-0.3, -0.25) is 4.79 Å². The predicted octanol–water partition coefficient (Wildman–Crippen LogP) is -10.8. The Bertz CT molecular complexity index is 1310. The van der Waals surface area contributed by atoms with Crippen LogP contribution in [-0.2, 0) is 47.4 Å². The van der Waals surface area contributed by atoms with Crippen LogP contribution in [0.5, 0.6) is 0 Å². The molecule has 0 radical (unpaired) electrons. The zero-order valence-corrected chi connectivity index (χ0v) is 31.1. The van der Waals surface area contributed by atoms with E-state index in [1.54, 1.807) is 0 Å². The van der Waals surface area contributed by atoms with E-state index in [4.69, 9.17) is 42.6 Å². The third-order valence-corrected chi connectivity index (χ3v) is 10.7. The van der Waals surface area contributed by atoms with Crippen LogP contribution in [0.3, 0.4) is 0 Å². The van der Waals surface area contributed by atoms with E-state index in [1.807, 2.05) is 0 Å². The lowest BCUT2D eigenvalue weighted by Gasteiger charge is -2.49. The van der Waals surface area contributed by atoms with E-state index >= 15 is 0 Å². The summed E-state index contributed by atoms with van der Waals surface area (Å²) in [5.74, 6) is -0.704. The van der Waals surface area contributed by atoms with E-state index in [-0.39, 0.29) is 0 Å². The third-order valence-electron chi connectivity index (χ3n) is 10.7. The van der Waals surface area contributed by atoms with Crippen molar-refractivity contribution in [3.63, 3.8) is 0 Å². The van der Waals surface area contributed by atoms with Crippen LogP contribution < -0.4 is 5.32 Å². The Kier molecular flexibility index (Phi) is 16.5. The second-order valence-electron chi connectivity index (χ2n) is 14.7. The van der Waals surface area contributed by atoms with Crippen LogP contribution in [0.15, 0.2) is 0 Å². The molecule has 0 bridgehead atoms. The fraction of sp³-hybridized carbons (Fsp3) is 0.969. The van der Waals surface area contributed by atoms with E-state index in [2.05, 4.69) is 5.32 Å². The molecule has 1 amide bonds. The van der Waals surface area contributed by atoms with Crippen LogP contribution in [0.2, 0.25) is 0 Å². The number of hydrogen-bond donors (Lipinski definition) is 16. The van der Waals surface area contributed by atoms with Gasteiger partial charge in [0.15, 0.2) is 31.5 Å². The summed E-state index contributed by atoms with van der Waals surface area (Å²) in [6, 6.07) is -1.51. The Balaban J connectivity index is 1.27. The fourth-order valence-corrected chi connectivity index (χ4v) is 7.28. The maximum absolute atomic E-state index is 11.9. The highest BCUT2D eigenvalue weighted by Crippen LogP contribution is 2.35. The van der Waals surface area contributed by atoms with Gasteiger partial charge in [0, 0.05) is 6.92 Å². The first-order valence-electron chi connectivity index (χ1n) is 18.5. The van der Waals surface area contributed by atoms with Crippen molar-refractivity contribution in [3.05, 3.63) is 0 Å². The number of carbonyl (C=O) groups is 1. The summed E-state index contributed by atoms with van der Waals surface area (Å²) < 4.78 is 50.2. The minimum absolute atomic E-state index is 0.695. The van der Waals surface area contributed by atoms with Crippen molar-refractivity contribution in [2.75, 3.05) is 26.4 Å². The van der Waals surface area contributed by atoms with Gasteiger partial charge in [0.1, 0.15) is 116 Å². The number of ether oxygens (including phenoxy) is 9. The summed E-state index contributed by atoms with van der Waals surface area (Å²) in [4.78, 5) is 11.9. The van der Waals surface area contributed by atoms with Crippen LogP contribution in [0.1, 0.15) is 13.8 Å². The lowest BCUT2D eigenvalue weighted by Crippen LogP contribution is -2.69. The van der Waals surface area contributed by atoms with Gasteiger partial charge in [0.25, 0.3) is 0 Å². The Morgan fingerprint density at radius 1 is 0.483 bits per heavy atom. The summed E-state index contributed by atoms with van der Waals surface area (Å²) in [6.07, 6.45) is -42.2. The Morgan fingerprint density at radius 2 is 0.914 bits per heavy atom. The van der Waals surface area contributed by atoms with Gasteiger partial charge in [0.2, 0.25) is 5.91 Å². The van der Waals surface area contributed by atoms with Gasteiger partial charge < -0.3 is 125 Å². The molecule has 5 fully saturated rings. The van der Waals surface area contributed by atoms with Crippen molar-refractivity contribution >= 4 is 5.91 Å². The molecule has 26 nitrogen and oxygen atoms in total. The first kappa shape index (κ1) is 47.6. The molecular formula is C32H55NO25. The normalized spacial score (nSPS) is 51.6. The number of carbonyl (C=O) groups excluding carboxylic acids is 1. The minimum atomic E-state index is -2.08. The van der Waals surface area contributed by atoms with E-state index in [0.717, 1.165) is 6.92 Å². The summed E-state index contributed by atoms with van der Waals surface area (Å²) >= 11 is 0. The van der Waals surface area contributed by atoms with Crippen LogP contribution in [-0.4, -0.2) is 262 Å². The van der Waals surface area contributed by atoms with E-state index in [1.165, 1.54) is 6.92 Å². The molecule has 0 aliphatic carbocycles. The lowest BCUT2D eigenvalue weighted by atomic mass is 9.95. The topological polar surface area (TPSA) is 416 Å². The maximum atomic E-state index is 11.9. The molecule has 25 atom stereocenters. The van der Waals surface area contributed by atoms with E-state index < -0.39 is 186 Å². The highest BCUT2D eigenvalue weighted by atomic mass is 16.8. The van der Waals surface area contributed by atoms with E-state index in [0.29, 0.717) is 0 Å². The molecule has 0 aromatic rings. The number of aliphatic hydroxyl groups excluding tert-OH is 15. The van der Waals surface area contributed by atoms with Crippen molar-refractivity contribution in [2.45, 2.75) is 167 Å². The average Bonchev–Trinajstić information content (AvgIpc) is 3.19. The molecule has 0 aromatic carbocycles. The molecule has 0 saturated carbocycles. The van der Waals surface area contributed by atoms with Crippen molar-refractivity contribution in [2.24, 2.45) is 0 Å². The summed E-state index contributed by atoms with van der Waals surface area (Å²) in [7, 11) is 0. The Hall–Kier alpha value is -1.49. The van der Waals surface area contributed by atoms with Crippen LogP contribution in [0.25, 0.3) is 0 Å². The first-order valence-corrected chi connectivity index (χ1v) is 18.5. The zero-order valence-electron chi connectivity index (χ0n) is 31.1. The molecule has 5 rings (SSSR count). The molecule has 0 spiro atoms. The lowest BCUT2D eigenvalue weighted by molar-refractivity contribution is -0.391. The monoisotopic (exact) mass is 853 g/mol. The van der Waals surface area contributed by atoms with Crippen molar-refractivity contribution in [1.29, 1.82) is 0 Å². The van der Waals surface area contributed by atoms with Gasteiger partial charge in [-0.25, -0.2) is 0 Å². The van der Waals surface area contributed by atoms with Gasteiger partial charge in [-0.15, -0.1) is 0 Å². The molecule has 5 aliphatic heterocycles. The number of amides is 1. The van der Waals surface area contributed by atoms with Crippen LogP contribution >= 0.6 is 0 Å². The molecule has 26 heteroatoms. The minimum Gasteiger partial charge on any atom is -0.394 e. The summed E-state index contributed by atoms with van der Waals surface area (Å²) in [5, 5.41) is 159. The number of aliphatic hydroxyl groups is 15. The van der Waals surface area contributed by atoms with Gasteiger partial charge in [-0.1, -0.05) is 0 Å². The van der Waals surface area contributed by atoms with Crippen LogP contribution in [0, 0.1) is 0 Å². The highest BCUT2D eigenvalue weighted by molar-refractivity contribution is 5.73. The molecule has 16 N–H and O–H groups in total. The fourth-order valence-electron chi connectivity index (χ4n) is 7.28. The maximum Gasteiger partial charge on any atom is 0.217 e. The number of hydrogen-bond acceptors (Lipinski definition) is 25. The number of rotatable bonds is 13. The molecule has 5 saturated heterocycles. The molecule has 0 unspecified atom stereocenters. The first-order chi connectivity index (χ1) is 27.3. The quantitative estimate of drug-likeness (QED) is 0.0818. The standard InChI is InChI=1S/C32H55NO25/c1-7-25(56-31-23(47)19(43)16(40)12(55-31)6-50-29-22(46)18(42)14(38)9(3-34)53-29)21(45)24(48)30(51-7)58-27-20(44)15(39)10(4-35)54-32(27)57-26-13(33-8(2)37)28(49)52-11(5-36)17(26)41/h7,9-32,34-36,38-49H,3-6H2,1-2H3,(H,33,37)/t7-,9+,10+,11+,12+,13+,14-,15-,16-,17+,18-,19-,20-,21-,22+,23+,24-,25+,26+,27+,28+,29-,30-,31+,32-/m0/s1. The molecule has 5 aliphatic rings. The predicted molar refractivity (Wildman–Crippen MR) is 177 cm³/mol. The smallest absolute Gasteiger partial charge is 0.217 e. The Labute approximate surface area is 329 Å². The number of nitrogens with one attached hydrogen (secondary N) is 1. The summed E-state index contributed by atoms with van der Waals surface area (Å²) in [6.45, 7) is -0.768. The molecule has 58 heavy (non-hydrogen) atoms. The zero-order chi connectivity index (χ0) is 42.9. The van der Waals surface area contributed by atoms with Gasteiger partial charge >= 0.3 is 0 Å². The van der Waals surface area contributed by atoms with Crippen molar-refractivity contribution in [3.8, 4) is 0 Å². The van der Waals surface area contributed by atoms with Gasteiger partial charge in [0.05, 0.1) is 32.5 Å². The van der Waals surface area contributed by atoms with Crippen molar-refractivity contribution in [1.82, 2.24) is 5.32 Å². The molecule has 0 aromatic heterocycles. The van der Waals surface area contributed by atoms with Gasteiger partial charge in [-0.2, -0.15) is 0 Å². The van der Waals surface area contributed by atoms with Gasteiger partial charge in [-0.05, 0) is 6.92 Å². The Morgan fingerprint density at radius 3 is 1.50 bits per heavy atom. The van der Waals surface area contributed by atoms with Crippen LogP contribution in [0.4, 0.5) is 0 Å². The SMILES string of the molecule is CC(=O)N[C@@H]1[C@@H](O[C@@H]2O[C@H](CO)[C@H](O)[C@H](O)[C@H]2O[C@@H]2O[C@@H](C)[C@@H](O[C@H]3O[C@H](CO[C@H]4O[C@H](CO)[C@H](O)[C@H](O)[C@H]4O)[C@H](O)[C@H](O)[C@H]3O)[C@@H](O)[C@@H]2O)[C@H](O)[C@@H](CO)O[C@H]1O. The molecule has 5 heterocycles. The average molecular weight is 854 g/mol. The molecule has 338 valence electrons. The third kappa shape index (κ3) is 9.91. The second-order valence-corrected chi connectivity index (χ2v) is 14.7.